The molecule has 1 rings (SSSR count). The SMILES string of the molecule is CCc1ccc(S(=O)(=O)NC(CC)COC)cc1C(=O)O. The van der Waals surface area contributed by atoms with E-state index in [1.807, 2.05) is 13.8 Å². The van der Waals surface area contributed by atoms with Crippen molar-refractivity contribution in [2.24, 2.45) is 0 Å². The first-order valence-corrected chi connectivity index (χ1v) is 8.21. The Bertz CT molecular complexity index is 597. The predicted molar refractivity (Wildman–Crippen MR) is 79.1 cm³/mol. The number of carboxylic acids is 1. The Balaban J connectivity index is 3.14. The van der Waals surface area contributed by atoms with Crippen LogP contribution in [0.5, 0.6) is 0 Å². The Kier molecular flexibility index (Phi) is 6.32. The third-order valence-corrected chi connectivity index (χ3v) is 4.70. The van der Waals surface area contributed by atoms with Gasteiger partial charge in [0.15, 0.2) is 0 Å². The summed E-state index contributed by atoms with van der Waals surface area (Å²) in [5.41, 5.74) is 0.616. The number of carbonyl (C=O) groups is 1. The standard InChI is InChI=1S/C14H21NO5S/c1-4-10-6-7-12(8-13(10)14(16)17)21(18,19)15-11(5-2)9-20-3/h6-8,11,15H,4-5,9H2,1-3H3,(H,16,17). The zero-order valence-electron chi connectivity index (χ0n) is 12.4. The minimum Gasteiger partial charge on any atom is -0.478 e. The Morgan fingerprint density at radius 3 is 2.52 bits per heavy atom. The van der Waals surface area contributed by atoms with E-state index in [0.29, 0.717) is 18.4 Å². The highest BCUT2D eigenvalue weighted by atomic mass is 32.2. The Labute approximate surface area is 125 Å². The van der Waals surface area contributed by atoms with Crippen molar-refractivity contribution < 1.29 is 23.1 Å². The molecule has 0 bridgehead atoms. The highest BCUT2D eigenvalue weighted by Crippen LogP contribution is 2.17. The van der Waals surface area contributed by atoms with Crippen molar-refractivity contribution in [2.45, 2.75) is 37.6 Å². The second kappa shape index (κ2) is 7.53. The van der Waals surface area contributed by atoms with Crippen LogP contribution in [0.25, 0.3) is 0 Å². The predicted octanol–water partition coefficient (Wildman–Crippen LogP) is 1.65. The molecular weight excluding hydrogens is 294 g/mol. The maximum atomic E-state index is 12.3. The lowest BCUT2D eigenvalue weighted by molar-refractivity contribution is 0.0695. The monoisotopic (exact) mass is 315 g/mol. The van der Waals surface area contributed by atoms with E-state index in [0.717, 1.165) is 0 Å². The second-order valence-electron chi connectivity index (χ2n) is 4.66. The summed E-state index contributed by atoms with van der Waals surface area (Å²) in [4.78, 5) is 11.2. The van der Waals surface area contributed by atoms with E-state index in [4.69, 9.17) is 9.84 Å². The molecule has 1 aromatic carbocycles. The first-order valence-electron chi connectivity index (χ1n) is 6.73. The van der Waals surface area contributed by atoms with Crippen molar-refractivity contribution in [1.82, 2.24) is 4.72 Å². The molecule has 0 aliphatic heterocycles. The summed E-state index contributed by atoms with van der Waals surface area (Å²) < 4.78 is 32.1. The minimum absolute atomic E-state index is 0.0140. The summed E-state index contributed by atoms with van der Waals surface area (Å²) in [6.07, 6.45) is 1.10. The van der Waals surface area contributed by atoms with Crippen LogP contribution in [0.1, 0.15) is 36.2 Å². The van der Waals surface area contributed by atoms with Gasteiger partial charge in [0.05, 0.1) is 17.1 Å². The molecule has 1 atom stereocenters. The molecule has 118 valence electrons. The van der Waals surface area contributed by atoms with E-state index >= 15 is 0 Å². The number of methoxy groups -OCH3 is 1. The molecule has 0 aliphatic carbocycles. The normalized spacial score (nSPS) is 13.1. The number of nitrogens with one attached hydrogen (secondary N) is 1. The van der Waals surface area contributed by atoms with Crippen LogP contribution in [0.2, 0.25) is 0 Å². The van der Waals surface area contributed by atoms with Crippen LogP contribution in [0.3, 0.4) is 0 Å². The van der Waals surface area contributed by atoms with Crippen molar-refractivity contribution in [3.63, 3.8) is 0 Å². The van der Waals surface area contributed by atoms with E-state index in [1.54, 1.807) is 0 Å². The van der Waals surface area contributed by atoms with Gasteiger partial charge in [-0.05, 0) is 30.5 Å². The first-order chi connectivity index (χ1) is 9.85. The molecule has 0 spiro atoms. The fourth-order valence-corrected chi connectivity index (χ4v) is 3.28. The largest absolute Gasteiger partial charge is 0.478 e. The van der Waals surface area contributed by atoms with Gasteiger partial charge in [-0.3, -0.25) is 0 Å². The number of benzene rings is 1. The lowest BCUT2D eigenvalue weighted by atomic mass is 10.1. The molecule has 1 aromatic rings. The average molecular weight is 315 g/mol. The van der Waals surface area contributed by atoms with Gasteiger partial charge in [-0.15, -0.1) is 0 Å². The topological polar surface area (TPSA) is 92.7 Å². The summed E-state index contributed by atoms with van der Waals surface area (Å²) in [5, 5.41) is 9.16. The molecule has 0 saturated carbocycles. The van der Waals surface area contributed by atoms with Crippen molar-refractivity contribution in [2.75, 3.05) is 13.7 Å². The summed E-state index contributed by atoms with van der Waals surface area (Å²) in [6.45, 7) is 3.92. The van der Waals surface area contributed by atoms with Crippen molar-refractivity contribution in [1.29, 1.82) is 0 Å². The maximum absolute atomic E-state index is 12.3. The van der Waals surface area contributed by atoms with Gasteiger partial charge >= 0.3 is 5.97 Å². The molecule has 0 heterocycles. The minimum atomic E-state index is -3.77. The third kappa shape index (κ3) is 4.52. The van der Waals surface area contributed by atoms with Gasteiger partial charge in [-0.2, -0.15) is 0 Å². The Morgan fingerprint density at radius 1 is 1.38 bits per heavy atom. The zero-order chi connectivity index (χ0) is 16.0. The first kappa shape index (κ1) is 17.6. The molecular formula is C14H21NO5S. The van der Waals surface area contributed by atoms with Gasteiger partial charge in [-0.1, -0.05) is 19.9 Å². The molecule has 21 heavy (non-hydrogen) atoms. The summed E-state index contributed by atoms with van der Waals surface area (Å²) in [7, 11) is -2.27. The van der Waals surface area contributed by atoms with Gasteiger partial charge in [0.25, 0.3) is 0 Å². The van der Waals surface area contributed by atoms with Crippen LogP contribution < -0.4 is 4.72 Å². The molecule has 0 aromatic heterocycles. The van der Waals surface area contributed by atoms with E-state index in [-0.39, 0.29) is 23.1 Å². The fourth-order valence-electron chi connectivity index (χ4n) is 1.95. The second-order valence-corrected chi connectivity index (χ2v) is 6.37. The van der Waals surface area contributed by atoms with Crippen molar-refractivity contribution in [3.05, 3.63) is 29.3 Å². The summed E-state index contributed by atoms with van der Waals surface area (Å²) in [6, 6.07) is 3.81. The van der Waals surface area contributed by atoms with Crippen LogP contribution in [0.4, 0.5) is 0 Å². The molecule has 0 radical (unpaired) electrons. The van der Waals surface area contributed by atoms with Crippen LogP contribution in [0.15, 0.2) is 23.1 Å². The molecule has 1 unspecified atom stereocenters. The van der Waals surface area contributed by atoms with Crippen LogP contribution in [0, 0.1) is 0 Å². The molecule has 0 fully saturated rings. The number of rotatable bonds is 8. The smallest absolute Gasteiger partial charge is 0.336 e. The lowest BCUT2D eigenvalue weighted by Crippen LogP contribution is -2.37. The highest BCUT2D eigenvalue weighted by molar-refractivity contribution is 7.89. The van der Waals surface area contributed by atoms with Crippen LogP contribution in [-0.2, 0) is 21.2 Å². The number of aryl methyl sites for hydroxylation is 1. The summed E-state index contributed by atoms with van der Waals surface area (Å²) >= 11 is 0. The lowest BCUT2D eigenvalue weighted by Gasteiger charge is -2.16. The number of carboxylic acid groups (broad SMARTS) is 1. The molecule has 7 heteroatoms. The zero-order valence-corrected chi connectivity index (χ0v) is 13.2. The maximum Gasteiger partial charge on any atom is 0.336 e. The average Bonchev–Trinajstić information content (AvgIpc) is 2.45. The van der Waals surface area contributed by atoms with E-state index in [1.165, 1.54) is 25.3 Å². The van der Waals surface area contributed by atoms with Gasteiger partial charge in [0, 0.05) is 13.2 Å². The fraction of sp³-hybridized carbons (Fsp3) is 0.500. The molecule has 0 amide bonds. The Hall–Kier alpha value is -1.44. The molecule has 0 aliphatic rings. The summed E-state index contributed by atoms with van der Waals surface area (Å²) in [5.74, 6) is -1.13. The van der Waals surface area contributed by atoms with Crippen molar-refractivity contribution >= 4 is 16.0 Å². The van der Waals surface area contributed by atoms with Crippen LogP contribution >= 0.6 is 0 Å². The molecule has 6 nitrogen and oxygen atoms in total. The number of hydrogen-bond acceptors (Lipinski definition) is 4. The van der Waals surface area contributed by atoms with E-state index < -0.39 is 16.0 Å². The quantitative estimate of drug-likeness (QED) is 0.761. The van der Waals surface area contributed by atoms with E-state index in [9.17, 15) is 13.2 Å². The van der Waals surface area contributed by atoms with Gasteiger partial charge in [-0.25, -0.2) is 17.9 Å². The van der Waals surface area contributed by atoms with Gasteiger partial charge in [0.1, 0.15) is 0 Å². The number of aromatic carboxylic acids is 1. The Morgan fingerprint density at radius 2 is 2.05 bits per heavy atom. The van der Waals surface area contributed by atoms with Crippen LogP contribution in [-0.4, -0.2) is 39.3 Å². The van der Waals surface area contributed by atoms with Gasteiger partial charge in [0.2, 0.25) is 10.0 Å². The van der Waals surface area contributed by atoms with Crippen molar-refractivity contribution in [3.8, 4) is 0 Å². The number of ether oxygens (including phenoxy) is 1. The molecule has 2 N–H and O–H groups in total. The van der Waals surface area contributed by atoms with E-state index in [2.05, 4.69) is 4.72 Å². The third-order valence-electron chi connectivity index (χ3n) is 3.19. The molecule has 0 saturated heterocycles. The number of hydrogen-bond donors (Lipinski definition) is 2. The van der Waals surface area contributed by atoms with Gasteiger partial charge < -0.3 is 9.84 Å². The highest BCUT2D eigenvalue weighted by Gasteiger charge is 2.21. The number of sulfonamides is 1.